The van der Waals surface area contributed by atoms with Crippen LogP contribution in [0.3, 0.4) is 0 Å². The topological polar surface area (TPSA) is 121 Å². The molecule has 4 fully saturated rings. The van der Waals surface area contributed by atoms with E-state index < -0.39 is 10.8 Å². The number of fused-ring (bicyclic) bond motifs is 2. The molecule has 9 rings (SSSR count). The summed E-state index contributed by atoms with van der Waals surface area (Å²) >= 11 is 0. The molecule has 6 aliphatic rings. The maximum absolute atomic E-state index is 12.6. The average molecular weight is 883 g/mol. The van der Waals surface area contributed by atoms with Gasteiger partial charge in [-0.2, -0.15) is 10.2 Å². The van der Waals surface area contributed by atoms with E-state index in [1.807, 2.05) is 85.8 Å². The van der Waals surface area contributed by atoms with Crippen molar-refractivity contribution in [3.8, 4) is 0 Å². The minimum absolute atomic E-state index is 0. The van der Waals surface area contributed by atoms with Gasteiger partial charge in [0.15, 0.2) is 0 Å². The first kappa shape index (κ1) is 57.1. The van der Waals surface area contributed by atoms with Gasteiger partial charge in [0, 0.05) is 98.1 Å². The van der Waals surface area contributed by atoms with Crippen LogP contribution in [0.25, 0.3) is 0 Å². The lowest BCUT2D eigenvalue weighted by molar-refractivity contribution is -0.133. The number of amides is 2. The molecular formula is C52H82N8O4. The number of carbonyl (C=O) groups is 4. The molecule has 12 heteroatoms. The van der Waals surface area contributed by atoms with Gasteiger partial charge in [-0.25, -0.2) is 10.0 Å². The molecule has 4 atom stereocenters. The standard InChI is InChI=1S/C14H17N3O.C13H15N3O.C13H17NO.C7H13NO.5CH4/c1-16-9-8-12-14(10-16,13(18)17(2)15-12)11-6-4-3-5-7-11;1-16-12(17)13(10-5-3-2-4-6-10)9-14-8-7-11(13)15-16;1-13(11-6-4-3-5-7-11)10-14(2)9-8-12(13)15;1-6-5-8(2)4-3-7(6)9;;;;;/h3-7H,8-10H2,1-2H3;2-6,14H,7-9H2,1H3;3-7H,8-10H2,1-2H3;6H,3-5H2,1-2H3;5*1H4. The molecule has 4 unspecified atom stereocenters. The second-order valence-corrected chi connectivity index (χ2v) is 17.2. The molecule has 0 aromatic heterocycles. The third-order valence-corrected chi connectivity index (χ3v) is 12.8. The van der Waals surface area contributed by atoms with Gasteiger partial charge in [-0.3, -0.25) is 19.2 Å². The zero-order valence-electron chi connectivity index (χ0n) is 36.0. The minimum Gasteiger partial charge on any atom is -0.315 e. The van der Waals surface area contributed by atoms with Crippen molar-refractivity contribution in [2.45, 2.75) is 92.9 Å². The molecule has 64 heavy (non-hydrogen) atoms. The van der Waals surface area contributed by atoms with Crippen LogP contribution in [-0.4, -0.2) is 147 Å². The largest absolute Gasteiger partial charge is 0.315 e. The summed E-state index contributed by atoms with van der Waals surface area (Å²) in [5.41, 5.74) is 3.83. The van der Waals surface area contributed by atoms with Crippen molar-refractivity contribution in [2.75, 3.05) is 87.6 Å². The molecule has 6 heterocycles. The Morgan fingerprint density at radius 1 is 0.547 bits per heavy atom. The summed E-state index contributed by atoms with van der Waals surface area (Å²) in [5, 5.41) is 15.1. The van der Waals surface area contributed by atoms with E-state index in [1.165, 1.54) is 10.0 Å². The summed E-state index contributed by atoms with van der Waals surface area (Å²) in [4.78, 5) is 54.6. The molecule has 1 N–H and O–H groups in total. The Kier molecular flexibility index (Phi) is 21.8. The highest BCUT2D eigenvalue weighted by Crippen LogP contribution is 2.38. The fraction of sp³-hybridized carbons (Fsp3) is 0.538. The number of nitrogens with one attached hydrogen (secondary N) is 1. The number of nitrogens with zero attached hydrogens (tertiary/aromatic N) is 7. The van der Waals surface area contributed by atoms with Crippen LogP contribution in [0.15, 0.2) is 101 Å². The predicted molar refractivity (Wildman–Crippen MR) is 267 cm³/mol. The normalized spacial score (nSPS) is 26.3. The lowest BCUT2D eigenvalue weighted by atomic mass is 9.72. The SMILES string of the molecule is C.C.C.C.C.CC1CN(C)CCC1=O.CN1CCC(=O)C(C)(c2ccccc2)C1.CN1CCC2=NN(C)C(=O)C2(c2ccccc2)C1.CN1N=C2CCNCC2(c2ccccc2)C1=O. The number of hydrogen-bond donors (Lipinski definition) is 1. The van der Waals surface area contributed by atoms with Crippen LogP contribution < -0.4 is 5.32 Å². The number of benzene rings is 3. The zero-order chi connectivity index (χ0) is 42.4. The van der Waals surface area contributed by atoms with Crippen molar-refractivity contribution in [3.63, 3.8) is 0 Å². The minimum atomic E-state index is -0.561. The van der Waals surface area contributed by atoms with E-state index in [0.29, 0.717) is 24.5 Å². The lowest BCUT2D eigenvalue weighted by Gasteiger charge is -2.37. The van der Waals surface area contributed by atoms with Crippen molar-refractivity contribution >= 4 is 34.8 Å². The van der Waals surface area contributed by atoms with Gasteiger partial charge in [0.1, 0.15) is 22.4 Å². The van der Waals surface area contributed by atoms with E-state index >= 15 is 0 Å². The molecule has 2 amide bonds. The Labute approximate surface area is 387 Å². The first-order chi connectivity index (χ1) is 28.2. The zero-order valence-corrected chi connectivity index (χ0v) is 36.0. The van der Waals surface area contributed by atoms with Crippen LogP contribution in [0.4, 0.5) is 0 Å². The molecule has 3 aromatic carbocycles. The van der Waals surface area contributed by atoms with E-state index in [0.717, 1.165) is 93.2 Å². The second-order valence-electron chi connectivity index (χ2n) is 17.2. The molecule has 6 aliphatic heterocycles. The highest BCUT2D eigenvalue weighted by atomic mass is 16.2. The number of likely N-dealkylation sites (tertiary alicyclic amines) is 3. The van der Waals surface area contributed by atoms with Gasteiger partial charge in [0.05, 0.1) is 16.8 Å². The fourth-order valence-corrected chi connectivity index (χ4v) is 9.31. The number of Topliss-reactive ketones (excluding diaryl/α,β-unsaturated/α-hetero) is 2. The van der Waals surface area contributed by atoms with Crippen LogP contribution in [0, 0.1) is 5.92 Å². The van der Waals surface area contributed by atoms with Gasteiger partial charge in [-0.15, -0.1) is 0 Å². The van der Waals surface area contributed by atoms with Gasteiger partial charge in [-0.05, 0) is 44.8 Å². The number of ketones is 2. The summed E-state index contributed by atoms with van der Waals surface area (Å²) in [7, 11) is 9.68. The van der Waals surface area contributed by atoms with Gasteiger partial charge >= 0.3 is 0 Å². The molecule has 0 saturated carbocycles. The Balaban J connectivity index is 0.000000425. The third kappa shape index (κ3) is 11.7. The molecule has 354 valence electrons. The van der Waals surface area contributed by atoms with Crippen molar-refractivity contribution in [2.24, 2.45) is 16.1 Å². The number of hydrazone groups is 2. The van der Waals surface area contributed by atoms with Gasteiger partial charge in [0.25, 0.3) is 11.8 Å². The van der Waals surface area contributed by atoms with E-state index in [9.17, 15) is 19.2 Å². The van der Waals surface area contributed by atoms with Crippen LogP contribution in [0.5, 0.6) is 0 Å². The summed E-state index contributed by atoms with van der Waals surface area (Å²) < 4.78 is 0. The average Bonchev–Trinajstić information content (AvgIpc) is 3.67. The second kappa shape index (κ2) is 24.4. The molecule has 0 bridgehead atoms. The Morgan fingerprint density at radius 3 is 1.50 bits per heavy atom. The van der Waals surface area contributed by atoms with Crippen molar-refractivity contribution in [1.29, 1.82) is 0 Å². The molecule has 3 aromatic rings. The summed E-state index contributed by atoms with van der Waals surface area (Å²) in [6, 6.07) is 30.1. The summed E-state index contributed by atoms with van der Waals surface area (Å²) in [5.74, 6) is 1.23. The Bertz CT molecular complexity index is 2030. The van der Waals surface area contributed by atoms with E-state index in [1.54, 1.807) is 14.1 Å². The highest BCUT2D eigenvalue weighted by molar-refractivity contribution is 6.18. The molecule has 0 aliphatic carbocycles. The smallest absolute Gasteiger partial charge is 0.260 e. The molecule has 0 spiro atoms. The molecule has 12 nitrogen and oxygen atoms in total. The summed E-state index contributed by atoms with van der Waals surface area (Å²) in [6.07, 6.45) is 3.12. The number of rotatable bonds is 3. The number of hydrogen-bond acceptors (Lipinski definition) is 10. The first-order valence-corrected chi connectivity index (χ1v) is 20.9. The monoisotopic (exact) mass is 883 g/mol. The van der Waals surface area contributed by atoms with E-state index in [-0.39, 0.29) is 60.3 Å². The highest BCUT2D eigenvalue weighted by Gasteiger charge is 2.54. The van der Waals surface area contributed by atoms with E-state index in [4.69, 9.17) is 0 Å². The molecule has 4 saturated heterocycles. The maximum Gasteiger partial charge on any atom is 0.260 e. The van der Waals surface area contributed by atoms with Crippen LogP contribution in [0.2, 0.25) is 0 Å². The van der Waals surface area contributed by atoms with Gasteiger partial charge in [0.2, 0.25) is 0 Å². The molecule has 0 radical (unpaired) electrons. The van der Waals surface area contributed by atoms with E-state index in [2.05, 4.69) is 70.4 Å². The van der Waals surface area contributed by atoms with Crippen LogP contribution in [0.1, 0.15) is 93.4 Å². The maximum atomic E-state index is 12.6. The van der Waals surface area contributed by atoms with Gasteiger partial charge < -0.3 is 20.0 Å². The van der Waals surface area contributed by atoms with Crippen LogP contribution >= 0.6 is 0 Å². The Morgan fingerprint density at radius 2 is 0.984 bits per heavy atom. The fourth-order valence-electron chi connectivity index (χ4n) is 9.31. The van der Waals surface area contributed by atoms with Crippen molar-refractivity contribution < 1.29 is 19.2 Å². The molecular weight excluding hydrogens is 801 g/mol. The summed E-state index contributed by atoms with van der Waals surface area (Å²) in [6.45, 7) is 10.9. The Hall–Kier alpha value is -4.88. The number of carbonyl (C=O) groups excluding carboxylic acids is 4. The lowest BCUT2D eigenvalue weighted by Crippen LogP contribution is -2.54. The quantitative estimate of drug-likeness (QED) is 0.289. The number of piperidine rings is 4. The van der Waals surface area contributed by atoms with Gasteiger partial charge in [-0.1, -0.05) is 135 Å². The predicted octanol–water partition coefficient (Wildman–Crippen LogP) is 7.39. The number of likely N-dealkylation sites (N-methyl/N-ethyl adjacent to an activating group) is 4. The third-order valence-electron chi connectivity index (χ3n) is 12.8. The van der Waals surface area contributed by atoms with Crippen molar-refractivity contribution in [1.82, 2.24) is 30.0 Å². The first-order valence-electron chi connectivity index (χ1n) is 20.9. The van der Waals surface area contributed by atoms with Crippen molar-refractivity contribution in [3.05, 3.63) is 108 Å². The van der Waals surface area contributed by atoms with Crippen LogP contribution in [-0.2, 0) is 35.4 Å².